The van der Waals surface area contributed by atoms with Crippen LogP contribution in [0, 0.1) is 0 Å². The summed E-state index contributed by atoms with van der Waals surface area (Å²) in [6.07, 6.45) is 0. The SMILES string of the molecule is C=C.CC(=O)[O-].CC(=O)[O-].CC(=O)[O-].CC(=O)[O-].[Ti+4]. The number of rotatable bonds is 0. The minimum Gasteiger partial charge on any atom is -0.550 e. The van der Waals surface area contributed by atoms with Crippen molar-refractivity contribution in [2.24, 2.45) is 0 Å². The second kappa shape index (κ2) is 36.0. The summed E-state index contributed by atoms with van der Waals surface area (Å²) in [6, 6.07) is 0. The van der Waals surface area contributed by atoms with Gasteiger partial charge in [-0.05, 0) is 27.7 Å². The van der Waals surface area contributed by atoms with Crippen LogP contribution in [0.4, 0.5) is 0 Å². The van der Waals surface area contributed by atoms with E-state index >= 15 is 0 Å². The van der Waals surface area contributed by atoms with E-state index in [4.69, 9.17) is 39.6 Å². The second-order valence-corrected chi connectivity index (χ2v) is 1.97. The third-order valence-electron chi connectivity index (χ3n) is 0. The van der Waals surface area contributed by atoms with Gasteiger partial charge in [0.05, 0.1) is 0 Å². The van der Waals surface area contributed by atoms with E-state index in [2.05, 4.69) is 13.2 Å². The van der Waals surface area contributed by atoms with Gasteiger partial charge in [-0.1, -0.05) is 0 Å². The molecule has 0 atom stereocenters. The first-order valence-electron chi connectivity index (χ1n) is 4.13. The van der Waals surface area contributed by atoms with Crippen molar-refractivity contribution in [3.63, 3.8) is 0 Å². The van der Waals surface area contributed by atoms with Gasteiger partial charge in [0.1, 0.15) is 0 Å². The van der Waals surface area contributed by atoms with Gasteiger partial charge in [0.2, 0.25) is 0 Å². The molecule has 0 saturated carbocycles. The molecule has 0 bridgehead atoms. The van der Waals surface area contributed by atoms with Gasteiger partial charge in [0.25, 0.3) is 0 Å². The van der Waals surface area contributed by atoms with Gasteiger partial charge >= 0.3 is 21.7 Å². The molecule has 8 nitrogen and oxygen atoms in total. The van der Waals surface area contributed by atoms with Crippen LogP contribution in [0.15, 0.2) is 13.2 Å². The van der Waals surface area contributed by atoms with Crippen LogP contribution < -0.4 is 20.4 Å². The molecule has 0 aliphatic carbocycles. The monoisotopic (exact) mass is 312 g/mol. The molecule has 9 heteroatoms. The van der Waals surface area contributed by atoms with Crippen molar-refractivity contribution in [2.45, 2.75) is 27.7 Å². The Morgan fingerprint density at radius 3 is 0.579 bits per heavy atom. The van der Waals surface area contributed by atoms with Crippen molar-refractivity contribution in [1.29, 1.82) is 0 Å². The van der Waals surface area contributed by atoms with Crippen LogP contribution in [-0.4, -0.2) is 23.9 Å². The molecular weight excluding hydrogens is 296 g/mol. The molecule has 108 valence electrons. The van der Waals surface area contributed by atoms with Crippen LogP contribution in [0.25, 0.3) is 0 Å². The molecule has 0 amide bonds. The van der Waals surface area contributed by atoms with E-state index in [9.17, 15) is 0 Å². The Balaban J connectivity index is -0.0000000279. The maximum absolute atomic E-state index is 8.89. The van der Waals surface area contributed by atoms with E-state index in [-0.39, 0.29) is 21.7 Å². The van der Waals surface area contributed by atoms with Crippen LogP contribution in [0.5, 0.6) is 0 Å². The molecule has 0 rings (SSSR count). The fraction of sp³-hybridized carbons (Fsp3) is 0.400. The van der Waals surface area contributed by atoms with Crippen molar-refractivity contribution in [3.05, 3.63) is 13.2 Å². The molecule has 0 radical (unpaired) electrons. The normalized spacial score (nSPS) is 5.47. The Morgan fingerprint density at radius 1 is 0.579 bits per heavy atom. The molecule has 0 spiro atoms. The zero-order valence-corrected chi connectivity index (χ0v) is 12.7. The minimum atomic E-state index is -1.08. The number of carbonyl (C=O) groups excluding carboxylic acids is 4. The van der Waals surface area contributed by atoms with Crippen molar-refractivity contribution in [2.75, 3.05) is 0 Å². The van der Waals surface area contributed by atoms with Gasteiger partial charge in [-0.25, -0.2) is 0 Å². The zero-order chi connectivity index (χ0) is 16.3. The molecule has 0 heterocycles. The fourth-order valence-electron chi connectivity index (χ4n) is 0. The molecule has 19 heavy (non-hydrogen) atoms. The van der Waals surface area contributed by atoms with Crippen molar-refractivity contribution in [3.8, 4) is 0 Å². The van der Waals surface area contributed by atoms with Gasteiger partial charge in [0, 0.05) is 23.9 Å². The Hall–Kier alpha value is -1.67. The molecule has 0 N–H and O–H groups in total. The smallest absolute Gasteiger partial charge is 0.550 e. The number of carboxylic acids is 4. The number of hydrogen-bond acceptors (Lipinski definition) is 8. The second-order valence-electron chi connectivity index (χ2n) is 1.97. The Bertz CT molecular complexity index is 176. The van der Waals surface area contributed by atoms with Crippen molar-refractivity contribution < 1.29 is 61.3 Å². The van der Waals surface area contributed by atoms with E-state index in [0.717, 1.165) is 27.7 Å². The number of carbonyl (C=O) groups is 4. The van der Waals surface area contributed by atoms with E-state index in [1.54, 1.807) is 0 Å². The van der Waals surface area contributed by atoms with Gasteiger partial charge in [-0.3, -0.25) is 0 Å². The quantitative estimate of drug-likeness (QED) is 0.321. The maximum atomic E-state index is 8.89. The topological polar surface area (TPSA) is 161 Å². The summed E-state index contributed by atoms with van der Waals surface area (Å²) >= 11 is 0. The Morgan fingerprint density at radius 2 is 0.579 bits per heavy atom. The number of aliphatic carboxylic acids is 4. The average molecular weight is 312 g/mol. The summed E-state index contributed by atoms with van der Waals surface area (Å²) in [6.45, 7) is 9.89. The predicted octanol–water partition coefficient (Wildman–Crippen LogP) is -4.18. The van der Waals surface area contributed by atoms with E-state index in [1.165, 1.54) is 0 Å². The van der Waals surface area contributed by atoms with Crippen molar-refractivity contribution >= 4 is 23.9 Å². The van der Waals surface area contributed by atoms with Crippen LogP contribution in [0.1, 0.15) is 27.7 Å². The van der Waals surface area contributed by atoms with E-state index < -0.39 is 23.9 Å². The molecule has 0 fully saturated rings. The molecule has 0 aliphatic heterocycles. The van der Waals surface area contributed by atoms with Gasteiger partial charge in [0.15, 0.2) is 0 Å². The summed E-state index contributed by atoms with van der Waals surface area (Å²) in [5.41, 5.74) is 0. The standard InChI is InChI=1S/4C2H4O2.C2H4.Ti/c4*1-2(3)4;1-2;/h4*1H3,(H,3,4);1-2H2;/q;;;;;+4/p-4. The van der Waals surface area contributed by atoms with Gasteiger partial charge in [-0.2, -0.15) is 0 Å². The molecule has 0 aromatic carbocycles. The van der Waals surface area contributed by atoms with Crippen LogP contribution in [0.2, 0.25) is 0 Å². The summed E-state index contributed by atoms with van der Waals surface area (Å²) in [5, 5.41) is 35.6. The van der Waals surface area contributed by atoms with Crippen LogP contribution >= 0.6 is 0 Å². The average Bonchev–Trinajstić information content (AvgIpc) is 2.01. The van der Waals surface area contributed by atoms with Gasteiger partial charge in [-0.15, -0.1) is 13.2 Å². The van der Waals surface area contributed by atoms with Crippen LogP contribution in [0.3, 0.4) is 0 Å². The molecule has 0 saturated heterocycles. The molecular formula is C10H16O8Ti. The molecule has 0 aromatic rings. The Labute approximate surface area is 126 Å². The van der Waals surface area contributed by atoms with E-state index in [1.807, 2.05) is 0 Å². The summed E-state index contributed by atoms with van der Waals surface area (Å²) in [4.78, 5) is 35.6. The first kappa shape index (κ1) is 36.0. The molecule has 0 unspecified atom stereocenters. The largest absolute Gasteiger partial charge is 4.00 e. The summed E-state index contributed by atoms with van der Waals surface area (Å²) in [7, 11) is 0. The maximum Gasteiger partial charge on any atom is 4.00 e. The number of carboxylic acid groups (broad SMARTS) is 4. The fourth-order valence-corrected chi connectivity index (χ4v) is 0. The van der Waals surface area contributed by atoms with E-state index in [0.29, 0.717) is 0 Å². The Kier molecular flexibility index (Phi) is 68.1. The predicted molar refractivity (Wildman–Crippen MR) is 54.0 cm³/mol. The molecule has 0 aromatic heterocycles. The third kappa shape index (κ3) is 1210. The van der Waals surface area contributed by atoms with Crippen LogP contribution in [-0.2, 0) is 40.9 Å². The van der Waals surface area contributed by atoms with Gasteiger partial charge < -0.3 is 39.6 Å². The molecule has 0 aliphatic rings. The first-order chi connectivity index (χ1) is 7.93. The summed E-state index contributed by atoms with van der Waals surface area (Å²) < 4.78 is 0. The minimum absolute atomic E-state index is 0. The number of hydrogen-bond donors (Lipinski definition) is 0. The first-order valence-corrected chi connectivity index (χ1v) is 4.13. The van der Waals surface area contributed by atoms with Crippen molar-refractivity contribution in [1.82, 2.24) is 0 Å². The third-order valence-corrected chi connectivity index (χ3v) is 0. The summed E-state index contributed by atoms with van der Waals surface area (Å²) in [5.74, 6) is -4.33. The zero-order valence-electron chi connectivity index (χ0n) is 11.2.